The number of carbonyl (C=O) groups is 1. The second-order valence-corrected chi connectivity index (χ2v) is 3.76. The lowest BCUT2D eigenvalue weighted by Crippen LogP contribution is -2.13. The van der Waals surface area contributed by atoms with Crippen LogP contribution in [-0.2, 0) is 14.4 Å². The standard InChI is InChI=1S/C13H14ClNO3/c1-3-8-18-13(16)9-12(15-17-2)10-6-4-5-7-11(10)14/h3-7H,1,8-9H2,2H3. The molecule has 0 amide bonds. The van der Waals surface area contributed by atoms with Gasteiger partial charge in [-0.25, -0.2) is 0 Å². The molecule has 5 heteroatoms. The third kappa shape index (κ3) is 4.22. The molecular formula is C13H14ClNO3. The average molecular weight is 268 g/mol. The average Bonchev–Trinajstić information content (AvgIpc) is 2.36. The highest BCUT2D eigenvalue weighted by Gasteiger charge is 2.14. The minimum absolute atomic E-state index is 0.00852. The van der Waals surface area contributed by atoms with Gasteiger partial charge in [-0.3, -0.25) is 4.79 Å². The Bertz CT molecular complexity index is 457. The lowest BCUT2D eigenvalue weighted by molar-refractivity contribution is -0.140. The van der Waals surface area contributed by atoms with Gasteiger partial charge < -0.3 is 9.57 Å². The highest BCUT2D eigenvalue weighted by atomic mass is 35.5. The molecule has 0 unspecified atom stereocenters. The molecule has 0 spiro atoms. The summed E-state index contributed by atoms with van der Waals surface area (Å²) in [5.41, 5.74) is 1.08. The second-order valence-electron chi connectivity index (χ2n) is 3.35. The molecule has 1 aromatic carbocycles. The Kier molecular flexibility index (Phi) is 5.94. The minimum atomic E-state index is -0.411. The molecule has 0 atom stereocenters. The van der Waals surface area contributed by atoms with Crippen LogP contribution in [0.2, 0.25) is 5.02 Å². The molecule has 0 N–H and O–H groups in total. The summed E-state index contributed by atoms with van der Waals surface area (Å²) in [5.74, 6) is -0.411. The number of carbonyl (C=O) groups excluding carboxylic acids is 1. The fraction of sp³-hybridized carbons (Fsp3) is 0.231. The molecule has 0 heterocycles. The van der Waals surface area contributed by atoms with Gasteiger partial charge in [0.1, 0.15) is 13.7 Å². The first-order valence-corrected chi connectivity index (χ1v) is 5.68. The van der Waals surface area contributed by atoms with Crippen molar-refractivity contribution in [2.45, 2.75) is 6.42 Å². The SMILES string of the molecule is C=CCOC(=O)CC(=NOC)c1ccccc1Cl. The maximum Gasteiger partial charge on any atom is 0.312 e. The van der Waals surface area contributed by atoms with Crippen LogP contribution in [-0.4, -0.2) is 25.4 Å². The van der Waals surface area contributed by atoms with Crippen molar-refractivity contribution in [2.24, 2.45) is 5.16 Å². The summed E-state index contributed by atoms with van der Waals surface area (Å²) in [4.78, 5) is 16.2. The molecule has 0 saturated heterocycles. The molecule has 1 aromatic rings. The summed E-state index contributed by atoms with van der Waals surface area (Å²) >= 11 is 6.04. The zero-order valence-electron chi connectivity index (χ0n) is 10.1. The fourth-order valence-corrected chi connectivity index (χ4v) is 1.57. The molecule has 4 nitrogen and oxygen atoms in total. The van der Waals surface area contributed by atoms with Crippen LogP contribution in [0, 0.1) is 0 Å². The quantitative estimate of drug-likeness (QED) is 0.345. The van der Waals surface area contributed by atoms with Gasteiger partial charge in [0, 0.05) is 10.6 Å². The molecule has 0 saturated carbocycles. The summed E-state index contributed by atoms with van der Waals surface area (Å²) in [7, 11) is 1.41. The number of benzene rings is 1. The summed E-state index contributed by atoms with van der Waals surface area (Å²) in [5, 5.41) is 4.31. The maximum absolute atomic E-state index is 11.5. The van der Waals surface area contributed by atoms with Gasteiger partial charge in [-0.2, -0.15) is 0 Å². The van der Waals surface area contributed by atoms with E-state index in [1.165, 1.54) is 13.2 Å². The summed E-state index contributed by atoms with van der Waals surface area (Å²) in [6.45, 7) is 3.64. The zero-order valence-corrected chi connectivity index (χ0v) is 10.8. The fourth-order valence-electron chi connectivity index (χ4n) is 1.32. The molecule has 0 aromatic heterocycles. The van der Waals surface area contributed by atoms with Gasteiger partial charge in [0.25, 0.3) is 0 Å². The summed E-state index contributed by atoms with van der Waals surface area (Å²) < 4.78 is 4.89. The van der Waals surface area contributed by atoms with Crippen LogP contribution in [0.5, 0.6) is 0 Å². The predicted octanol–water partition coefficient (Wildman–Crippen LogP) is 2.81. The van der Waals surface area contributed by atoms with E-state index >= 15 is 0 Å². The van der Waals surface area contributed by atoms with E-state index in [0.717, 1.165) is 0 Å². The van der Waals surface area contributed by atoms with Crippen molar-refractivity contribution in [1.29, 1.82) is 0 Å². The third-order valence-electron chi connectivity index (χ3n) is 2.06. The first-order chi connectivity index (χ1) is 8.69. The van der Waals surface area contributed by atoms with Crippen molar-refractivity contribution in [3.63, 3.8) is 0 Å². The van der Waals surface area contributed by atoms with Gasteiger partial charge in [0.15, 0.2) is 0 Å². The van der Waals surface area contributed by atoms with Crippen molar-refractivity contribution in [3.05, 3.63) is 47.5 Å². The van der Waals surface area contributed by atoms with E-state index in [4.69, 9.17) is 21.2 Å². The van der Waals surface area contributed by atoms with E-state index in [1.54, 1.807) is 18.2 Å². The van der Waals surface area contributed by atoms with Crippen molar-refractivity contribution in [3.8, 4) is 0 Å². The first kappa shape index (κ1) is 14.3. The number of oxime groups is 1. The van der Waals surface area contributed by atoms with Crippen LogP contribution in [0.3, 0.4) is 0 Å². The van der Waals surface area contributed by atoms with Crippen molar-refractivity contribution >= 4 is 23.3 Å². The molecule has 96 valence electrons. The Hall–Kier alpha value is -1.81. The van der Waals surface area contributed by atoms with Crippen LogP contribution in [0.4, 0.5) is 0 Å². The normalized spacial score (nSPS) is 10.9. The number of hydrogen-bond donors (Lipinski definition) is 0. The Morgan fingerprint density at radius 2 is 2.22 bits per heavy atom. The van der Waals surface area contributed by atoms with Crippen molar-refractivity contribution in [2.75, 3.05) is 13.7 Å². The number of rotatable bonds is 6. The molecule has 0 aliphatic carbocycles. The summed E-state index contributed by atoms with van der Waals surface area (Å²) in [6, 6.07) is 7.09. The second kappa shape index (κ2) is 7.50. The van der Waals surface area contributed by atoms with Crippen molar-refractivity contribution < 1.29 is 14.4 Å². The molecule has 0 radical (unpaired) electrons. The van der Waals surface area contributed by atoms with Gasteiger partial charge in [0.05, 0.1) is 12.1 Å². The van der Waals surface area contributed by atoms with Crippen LogP contribution in [0.1, 0.15) is 12.0 Å². The first-order valence-electron chi connectivity index (χ1n) is 5.30. The van der Waals surface area contributed by atoms with E-state index < -0.39 is 5.97 Å². The van der Waals surface area contributed by atoms with E-state index in [1.807, 2.05) is 6.07 Å². The summed E-state index contributed by atoms with van der Waals surface area (Å²) in [6.07, 6.45) is 1.49. The largest absolute Gasteiger partial charge is 0.461 e. The molecule has 0 aliphatic rings. The van der Waals surface area contributed by atoms with Crippen LogP contribution in [0.25, 0.3) is 0 Å². The van der Waals surface area contributed by atoms with Crippen LogP contribution in [0.15, 0.2) is 42.1 Å². The van der Waals surface area contributed by atoms with Crippen LogP contribution >= 0.6 is 11.6 Å². The topological polar surface area (TPSA) is 47.9 Å². The van der Waals surface area contributed by atoms with Gasteiger partial charge in [-0.15, -0.1) is 0 Å². The molecule has 0 bridgehead atoms. The van der Waals surface area contributed by atoms with Crippen molar-refractivity contribution in [1.82, 2.24) is 0 Å². The molecule has 1 rings (SSSR count). The Morgan fingerprint density at radius 1 is 1.50 bits per heavy atom. The third-order valence-corrected chi connectivity index (χ3v) is 2.39. The van der Waals surface area contributed by atoms with E-state index in [2.05, 4.69) is 11.7 Å². The smallest absolute Gasteiger partial charge is 0.312 e. The highest BCUT2D eigenvalue weighted by Crippen LogP contribution is 2.18. The monoisotopic (exact) mass is 267 g/mol. The molecular weight excluding hydrogens is 254 g/mol. The minimum Gasteiger partial charge on any atom is -0.461 e. The molecule has 0 fully saturated rings. The van der Waals surface area contributed by atoms with E-state index in [0.29, 0.717) is 16.3 Å². The highest BCUT2D eigenvalue weighted by molar-refractivity contribution is 6.34. The number of ether oxygens (including phenoxy) is 1. The Labute approximate surface area is 111 Å². The van der Waals surface area contributed by atoms with Gasteiger partial charge in [-0.05, 0) is 6.07 Å². The van der Waals surface area contributed by atoms with Gasteiger partial charge in [-0.1, -0.05) is 47.6 Å². The number of halogens is 1. The molecule has 18 heavy (non-hydrogen) atoms. The maximum atomic E-state index is 11.5. The van der Waals surface area contributed by atoms with Crippen LogP contribution < -0.4 is 0 Å². The Morgan fingerprint density at radius 3 is 2.83 bits per heavy atom. The number of hydrogen-bond acceptors (Lipinski definition) is 4. The lowest BCUT2D eigenvalue weighted by Gasteiger charge is -2.07. The van der Waals surface area contributed by atoms with Gasteiger partial charge in [0.2, 0.25) is 0 Å². The number of esters is 1. The van der Waals surface area contributed by atoms with Gasteiger partial charge >= 0.3 is 5.97 Å². The number of nitrogens with zero attached hydrogens (tertiary/aromatic N) is 1. The zero-order chi connectivity index (χ0) is 13.4. The van der Waals surface area contributed by atoms with E-state index in [9.17, 15) is 4.79 Å². The molecule has 0 aliphatic heterocycles. The Balaban J connectivity index is 2.85. The lowest BCUT2D eigenvalue weighted by atomic mass is 10.1. The predicted molar refractivity (Wildman–Crippen MR) is 70.8 cm³/mol. The van der Waals surface area contributed by atoms with E-state index in [-0.39, 0.29) is 13.0 Å².